The lowest BCUT2D eigenvalue weighted by Gasteiger charge is -2.13. The number of thioether (sulfide) groups is 1. The molecule has 0 fully saturated rings. The number of rotatable bonds is 7. The zero-order valence-electron chi connectivity index (χ0n) is 17.2. The van der Waals surface area contributed by atoms with Crippen LogP contribution in [0, 0.1) is 11.6 Å². The third-order valence-electron chi connectivity index (χ3n) is 4.29. The smallest absolute Gasteiger partial charge is 0.316 e. The molecule has 0 heterocycles. The molecule has 3 aromatic carbocycles. The fraction of sp³-hybridized carbons (Fsp3) is 0.115. The first-order valence-electron chi connectivity index (χ1n) is 9.91. The van der Waals surface area contributed by atoms with E-state index < -0.39 is 7.14 Å². The van der Waals surface area contributed by atoms with Crippen LogP contribution < -0.4 is 5.30 Å². The lowest BCUT2D eigenvalue weighted by molar-refractivity contribution is -0.139. The van der Waals surface area contributed by atoms with E-state index in [4.69, 9.17) is 4.74 Å². The molecule has 3 nitrogen and oxygen atoms in total. The maximum absolute atomic E-state index is 14.2. The van der Waals surface area contributed by atoms with Gasteiger partial charge in [0.25, 0.3) is 0 Å². The molecule has 0 aliphatic rings. The van der Waals surface area contributed by atoms with Gasteiger partial charge in [-0.3, -0.25) is 4.79 Å². The van der Waals surface area contributed by atoms with Crippen molar-refractivity contribution in [2.75, 3.05) is 12.4 Å². The van der Waals surface area contributed by atoms with E-state index in [0.717, 1.165) is 16.0 Å². The van der Waals surface area contributed by atoms with Gasteiger partial charge < -0.3 is 9.30 Å². The minimum absolute atomic E-state index is 0.134. The second-order valence-corrected chi connectivity index (χ2v) is 9.88. The topological polar surface area (TPSA) is 43.4 Å². The largest absolute Gasteiger partial charge is 0.465 e. The van der Waals surface area contributed by atoms with E-state index in [1.165, 1.54) is 11.8 Å². The van der Waals surface area contributed by atoms with Crippen LogP contribution in [0.5, 0.6) is 0 Å². The van der Waals surface area contributed by atoms with Crippen LogP contribution in [0.15, 0.2) is 96.8 Å². The third kappa shape index (κ3) is 6.76. The van der Waals surface area contributed by atoms with Crippen molar-refractivity contribution in [2.24, 2.45) is 0 Å². The Hall–Kier alpha value is -2.99. The highest BCUT2D eigenvalue weighted by Crippen LogP contribution is 2.49. The van der Waals surface area contributed by atoms with Gasteiger partial charge in [0.1, 0.15) is 0 Å². The Labute approximate surface area is 187 Å². The van der Waals surface area contributed by atoms with E-state index in [1.807, 2.05) is 91.0 Å². The van der Waals surface area contributed by atoms with Gasteiger partial charge >= 0.3 is 5.97 Å². The lowest BCUT2D eigenvalue weighted by atomic mass is 10.2. The first-order valence-corrected chi connectivity index (χ1v) is 12.7. The van der Waals surface area contributed by atoms with Crippen LogP contribution >= 0.6 is 18.9 Å². The number of carbonyl (C=O) groups excluding carboxylic acids is 1. The van der Waals surface area contributed by atoms with Gasteiger partial charge in [0.15, 0.2) is 0 Å². The summed E-state index contributed by atoms with van der Waals surface area (Å²) in [5, 5.41) is 0.656. The van der Waals surface area contributed by atoms with Crippen LogP contribution in [-0.2, 0) is 14.1 Å². The summed E-state index contributed by atoms with van der Waals surface area (Å²) in [4.78, 5) is 12.7. The number of ether oxygens (including phenoxy) is 1. The van der Waals surface area contributed by atoms with Crippen molar-refractivity contribution >= 4 is 35.1 Å². The van der Waals surface area contributed by atoms with Gasteiger partial charge in [0, 0.05) is 21.6 Å². The summed E-state index contributed by atoms with van der Waals surface area (Å²) in [6, 6.07) is 28.4. The monoisotopic (exact) mass is 446 g/mol. The van der Waals surface area contributed by atoms with Gasteiger partial charge in [-0.25, -0.2) is 0 Å². The molecule has 0 amide bonds. The number of hydrogen-bond donors (Lipinski definition) is 0. The minimum atomic E-state index is -3.23. The average Bonchev–Trinajstić information content (AvgIpc) is 2.82. The summed E-state index contributed by atoms with van der Waals surface area (Å²) in [5.41, 5.74) is 4.72. The zero-order chi connectivity index (χ0) is 21.9. The first kappa shape index (κ1) is 22.7. The van der Waals surface area contributed by atoms with Crippen molar-refractivity contribution in [3.8, 4) is 11.6 Å². The van der Waals surface area contributed by atoms with Crippen molar-refractivity contribution in [2.45, 2.75) is 6.92 Å². The molecule has 0 N–H and O–H groups in total. The molecule has 0 aliphatic carbocycles. The average molecular weight is 447 g/mol. The number of esters is 1. The molecule has 0 bridgehead atoms. The van der Waals surface area contributed by atoms with Gasteiger partial charge in [0.05, 0.1) is 12.4 Å². The van der Waals surface area contributed by atoms with E-state index in [2.05, 4.69) is 11.6 Å². The van der Waals surface area contributed by atoms with Crippen LogP contribution in [0.4, 0.5) is 0 Å². The summed E-state index contributed by atoms with van der Waals surface area (Å²) in [6.07, 6.45) is 0. The molecular weight excluding hydrogens is 423 g/mol. The van der Waals surface area contributed by atoms with Gasteiger partial charge in [-0.05, 0) is 30.3 Å². The molecule has 31 heavy (non-hydrogen) atoms. The number of benzene rings is 3. The van der Waals surface area contributed by atoms with Crippen LogP contribution in [-0.4, -0.2) is 18.3 Å². The van der Waals surface area contributed by atoms with Crippen LogP contribution in [0.1, 0.15) is 18.1 Å². The molecule has 0 aromatic heterocycles. The maximum Gasteiger partial charge on any atom is 0.316 e. The van der Waals surface area contributed by atoms with Gasteiger partial charge in [-0.15, -0.1) is 11.8 Å². The Balaban J connectivity index is 2.07. The summed E-state index contributed by atoms with van der Waals surface area (Å²) < 4.78 is 19.2. The molecule has 5 heteroatoms. The zero-order valence-corrected chi connectivity index (χ0v) is 18.9. The normalized spacial score (nSPS) is 12.9. The molecule has 0 aliphatic heterocycles. The first-order chi connectivity index (χ1) is 15.1. The molecule has 1 atom stereocenters. The lowest BCUT2D eigenvalue weighted by Crippen LogP contribution is -2.07. The standard InChI is InChI=1S/C26H23O3PS/c1-2-29-26(27)21-31-25(23-14-8-4-9-15-23)20-30(28,24-16-10-5-11-17-24)19-18-22-12-6-3-7-13-22/h3-17,20H,2,21H2,1H3/b25-20-/t30-/m0/s1. The Morgan fingerprint density at radius 1 is 0.935 bits per heavy atom. The van der Waals surface area contributed by atoms with Crippen molar-refractivity contribution < 1.29 is 14.1 Å². The predicted octanol–water partition coefficient (Wildman–Crippen LogP) is 5.98. The fourth-order valence-corrected chi connectivity index (χ4v) is 5.93. The quantitative estimate of drug-likeness (QED) is 0.254. The second-order valence-electron chi connectivity index (χ2n) is 6.55. The van der Waals surface area contributed by atoms with Gasteiger partial charge in [0.2, 0.25) is 7.14 Å². The minimum Gasteiger partial charge on any atom is -0.465 e. The van der Waals surface area contributed by atoms with Crippen molar-refractivity contribution in [1.82, 2.24) is 0 Å². The summed E-state index contributed by atoms with van der Waals surface area (Å²) in [7, 11) is -3.23. The summed E-state index contributed by atoms with van der Waals surface area (Å²) >= 11 is 1.31. The Kier molecular flexibility index (Phi) is 8.35. The van der Waals surface area contributed by atoms with E-state index in [9.17, 15) is 9.36 Å². The molecule has 0 saturated carbocycles. The Morgan fingerprint density at radius 3 is 2.13 bits per heavy atom. The number of hydrogen-bond acceptors (Lipinski definition) is 4. The molecule has 0 spiro atoms. The Morgan fingerprint density at radius 2 is 1.52 bits per heavy atom. The van der Waals surface area contributed by atoms with Crippen molar-refractivity contribution in [1.29, 1.82) is 0 Å². The second kappa shape index (κ2) is 11.4. The molecule has 156 valence electrons. The third-order valence-corrected chi connectivity index (χ3v) is 7.64. The molecule has 3 aromatic rings. The molecule has 3 rings (SSSR count). The fourth-order valence-electron chi connectivity index (χ4n) is 2.79. The summed E-state index contributed by atoms with van der Waals surface area (Å²) in [6.45, 7) is 2.11. The highest BCUT2D eigenvalue weighted by Gasteiger charge is 2.22. The molecular formula is C26H23O3PS. The van der Waals surface area contributed by atoms with E-state index in [1.54, 1.807) is 12.7 Å². The summed E-state index contributed by atoms with van der Waals surface area (Å²) in [5.74, 6) is 4.62. The van der Waals surface area contributed by atoms with Crippen LogP contribution in [0.25, 0.3) is 4.91 Å². The Bertz CT molecular complexity index is 1130. The molecule has 0 saturated heterocycles. The maximum atomic E-state index is 14.2. The van der Waals surface area contributed by atoms with Crippen molar-refractivity contribution in [3.05, 3.63) is 108 Å². The van der Waals surface area contributed by atoms with Crippen LogP contribution in [0.3, 0.4) is 0 Å². The highest BCUT2D eigenvalue weighted by atomic mass is 32.2. The number of carbonyl (C=O) groups is 1. The van der Waals surface area contributed by atoms with E-state index in [-0.39, 0.29) is 11.7 Å². The highest BCUT2D eigenvalue weighted by molar-refractivity contribution is 8.09. The van der Waals surface area contributed by atoms with Crippen LogP contribution in [0.2, 0.25) is 0 Å². The van der Waals surface area contributed by atoms with E-state index in [0.29, 0.717) is 11.9 Å². The van der Waals surface area contributed by atoms with Gasteiger partial charge in [-0.2, -0.15) is 0 Å². The van der Waals surface area contributed by atoms with Gasteiger partial charge in [-0.1, -0.05) is 84.8 Å². The predicted molar refractivity (Wildman–Crippen MR) is 131 cm³/mol. The molecule has 0 unspecified atom stereocenters. The molecule has 0 radical (unpaired) electrons. The van der Waals surface area contributed by atoms with E-state index >= 15 is 0 Å². The van der Waals surface area contributed by atoms with Crippen molar-refractivity contribution in [3.63, 3.8) is 0 Å². The SMILES string of the molecule is CCOC(=O)CS/C(=C\[P@@](=O)(C#Cc1ccccc1)c1ccccc1)c1ccccc1.